The fourth-order valence-electron chi connectivity index (χ4n) is 2.64. The minimum Gasteiger partial charge on any atom is -0.396 e. The number of aliphatic hydroxyl groups is 1. The van der Waals surface area contributed by atoms with E-state index >= 15 is 0 Å². The van der Waals surface area contributed by atoms with Gasteiger partial charge >= 0.3 is 0 Å². The third-order valence-corrected chi connectivity index (χ3v) is 3.94. The Hall–Kier alpha value is -1.35. The standard InChI is InChI=1S/C16H23NO2/c1-13-3-2-4-14(11-13)5-6-16(19)17-9-7-15(12-18)8-10-17/h2-4,11,15,18H,5-10,12H2,1H3. The highest BCUT2D eigenvalue weighted by atomic mass is 16.3. The Bertz CT molecular complexity index is 423. The van der Waals surface area contributed by atoms with E-state index in [9.17, 15) is 4.79 Å². The van der Waals surface area contributed by atoms with E-state index in [4.69, 9.17) is 5.11 Å². The molecule has 1 aliphatic heterocycles. The van der Waals surface area contributed by atoms with Gasteiger partial charge in [0.05, 0.1) is 0 Å². The molecule has 0 aromatic heterocycles. The van der Waals surface area contributed by atoms with Crippen molar-refractivity contribution in [3.63, 3.8) is 0 Å². The summed E-state index contributed by atoms with van der Waals surface area (Å²) in [5, 5.41) is 9.09. The minimum atomic E-state index is 0.248. The van der Waals surface area contributed by atoms with Gasteiger partial charge in [-0.1, -0.05) is 29.8 Å². The van der Waals surface area contributed by atoms with Crippen molar-refractivity contribution in [1.29, 1.82) is 0 Å². The number of nitrogens with zero attached hydrogens (tertiary/aromatic N) is 1. The van der Waals surface area contributed by atoms with Crippen molar-refractivity contribution in [2.24, 2.45) is 5.92 Å². The van der Waals surface area contributed by atoms with Crippen LogP contribution in [0.2, 0.25) is 0 Å². The Morgan fingerprint density at radius 1 is 1.37 bits per heavy atom. The molecule has 0 spiro atoms. The summed E-state index contributed by atoms with van der Waals surface area (Å²) in [6, 6.07) is 8.34. The predicted octanol–water partition coefficient (Wildman–Crippen LogP) is 2.16. The molecule has 0 unspecified atom stereocenters. The second-order valence-electron chi connectivity index (χ2n) is 5.50. The Kier molecular flexibility index (Phi) is 4.97. The van der Waals surface area contributed by atoms with Gasteiger partial charge in [-0.3, -0.25) is 4.79 Å². The van der Waals surface area contributed by atoms with Crippen molar-refractivity contribution in [2.45, 2.75) is 32.6 Å². The molecule has 1 fully saturated rings. The molecule has 0 atom stereocenters. The maximum absolute atomic E-state index is 12.1. The van der Waals surface area contributed by atoms with Gasteiger partial charge in [0.1, 0.15) is 0 Å². The molecule has 1 amide bonds. The van der Waals surface area contributed by atoms with Crippen molar-refractivity contribution in [1.82, 2.24) is 4.90 Å². The van der Waals surface area contributed by atoms with E-state index in [-0.39, 0.29) is 12.5 Å². The quantitative estimate of drug-likeness (QED) is 0.902. The van der Waals surface area contributed by atoms with Gasteiger partial charge in [0.2, 0.25) is 5.91 Å². The zero-order valence-electron chi connectivity index (χ0n) is 11.6. The number of likely N-dealkylation sites (tertiary alicyclic amines) is 1. The first-order chi connectivity index (χ1) is 9.19. The van der Waals surface area contributed by atoms with Gasteiger partial charge < -0.3 is 10.0 Å². The van der Waals surface area contributed by atoms with Crippen LogP contribution in [0.3, 0.4) is 0 Å². The van der Waals surface area contributed by atoms with Gasteiger partial charge in [-0.05, 0) is 37.7 Å². The molecule has 1 N–H and O–H groups in total. The average Bonchev–Trinajstić information content (AvgIpc) is 2.45. The van der Waals surface area contributed by atoms with Gasteiger partial charge in [0.15, 0.2) is 0 Å². The Balaban J connectivity index is 1.79. The number of piperidine rings is 1. The fraction of sp³-hybridized carbons (Fsp3) is 0.562. The van der Waals surface area contributed by atoms with Crippen LogP contribution in [0.1, 0.15) is 30.4 Å². The van der Waals surface area contributed by atoms with E-state index in [1.54, 1.807) is 0 Å². The Morgan fingerprint density at radius 3 is 2.74 bits per heavy atom. The lowest BCUT2D eigenvalue weighted by molar-refractivity contribution is -0.132. The van der Waals surface area contributed by atoms with Crippen molar-refractivity contribution < 1.29 is 9.90 Å². The predicted molar refractivity (Wildman–Crippen MR) is 75.9 cm³/mol. The van der Waals surface area contributed by atoms with Crippen LogP contribution in [0, 0.1) is 12.8 Å². The van der Waals surface area contributed by atoms with Crippen LogP contribution in [0.15, 0.2) is 24.3 Å². The molecule has 1 aromatic carbocycles. The summed E-state index contributed by atoms with van der Waals surface area (Å²) >= 11 is 0. The highest BCUT2D eigenvalue weighted by Gasteiger charge is 2.21. The molecule has 0 saturated carbocycles. The number of hydrogen-bond donors (Lipinski definition) is 1. The van der Waals surface area contributed by atoms with Crippen LogP contribution >= 0.6 is 0 Å². The van der Waals surface area contributed by atoms with Crippen molar-refractivity contribution >= 4 is 5.91 Å². The summed E-state index contributed by atoms with van der Waals surface area (Å²) in [6.45, 7) is 3.94. The van der Waals surface area contributed by atoms with Gasteiger partial charge in [-0.25, -0.2) is 0 Å². The third kappa shape index (κ3) is 4.06. The normalized spacial score (nSPS) is 16.6. The molecule has 0 radical (unpaired) electrons. The molecule has 0 bridgehead atoms. The van der Waals surface area contributed by atoms with E-state index in [2.05, 4.69) is 25.1 Å². The van der Waals surface area contributed by atoms with E-state index in [1.807, 2.05) is 11.0 Å². The summed E-state index contributed by atoms with van der Waals surface area (Å²) < 4.78 is 0. The molecule has 3 heteroatoms. The zero-order valence-corrected chi connectivity index (χ0v) is 11.6. The van der Waals surface area contributed by atoms with Crippen LogP contribution < -0.4 is 0 Å². The van der Waals surface area contributed by atoms with Crippen LogP contribution in [0.5, 0.6) is 0 Å². The van der Waals surface area contributed by atoms with E-state index in [1.165, 1.54) is 11.1 Å². The number of benzene rings is 1. The number of aryl methyl sites for hydroxylation is 2. The summed E-state index contributed by atoms with van der Waals surface area (Å²) in [5.41, 5.74) is 2.48. The molecule has 104 valence electrons. The van der Waals surface area contributed by atoms with E-state index < -0.39 is 0 Å². The molecule has 1 heterocycles. The zero-order chi connectivity index (χ0) is 13.7. The van der Waals surface area contributed by atoms with Crippen molar-refractivity contribution in [3.05, 3.63) is 35.4 Å². The highest BCUT2D eigenvalue weighted by molar-refractivity contribution is 5.76. The van der Waals surface area contributed by atoms with Crippen molar-refractivity contribution in [2.75, 3.05) is 19.7 Å². The number of hydrogen-bond acceptors (Lipinski definition) is 2. The number of carbonyl (C=O) groups is 1. The molecule has 2 rings (SSSR count). The lowest BCUT2D eigenvalue weighted by atomic mass is 9.97. The molecule has 1 aliphatic rings. The SMILES string of the molecule is Cc1cccc(CCC(=O)N2CCC(CO)CC2)c1. The van der Waals surface area contributed by atoms with Crippen LogP contribution in [-0.4, -0.2) is 35.6 Å². The third-order valence-electron chi connectivity index (χ3n) is 3.94. The average molecular weight is 261 g/mol. The molecule has 3 nitrogen and oxygen atoms in total. The topological polar surface area (TPSA) is 40.5 Å². The van der Waals surface area contributed by atoms with Crippen LogP contribution in [-0.2, 0) is 11.2 Å². The monoisotopic (exact) mass is 261 g/mol. The van der Waals surface area contributed by atoms with E-state index in [0.717, 1.165) is 32.4 Å². The van der Waals surface area contributed by atoms with Gasteiger partial charge in [-0.15, -0.1) is 0 Å². The molecule has 1 aromatic rings. The van der Waals surface area contributed by atoms with E-state index in [0.29, 0.717) is 12.3 Å². The number of carbonyl (C=O) groups excluding carboxylic acids is 1. The first kappa shape index (κ1) is 14.1. The maximum atomic E-state index is 12.1. The summed E-state index contributed by atoms with van der Waals surface area (Å²) in [6.07, 6.45) is 3.28. The lowest BCUT2D eigenvalue weighted by Crippen LogP contribution is -2.39. The smallest absolute Gasteiger partial charge is 0.222 e. The molecular formula is C16H23NO2. The van der Waals surface area contributed by atoms with Crippen LogP contribution in [0.4, 0.5) is 0 Å². The van der Waals surface area contributed by atoms with Crippen LogP contribution in [0.25, 0.3) is 0 Å². The lowest BCUT2D eigenvalue weighted by Gasteiger charge is -2.31. The van der Waals surface area contributed by atoms with Gasteiger partial charge in [0.25, 0.3) is 0 Å². The molecule has 19 heavy (non-hydrogen) atoms. The number of aliphatic hydroxyl groups excluding tert-OH is 1. The van der Waals surface area contributed by atoms with Gasteiger partial charge in [-0.2, -0.15) is 0 Å². The Morgan fingerprint density at radius 2 is 2.11 bits per heavy atom. The second kappa shape index (κ2) is 6.71. The molecular weight excluding hydrogens is 238 g/mol. The number of rotatable bonds is 4. The molecule has 1 saturated heterocycles. The second-order valence-corrected chi connectivity index (χ2v) is 5.50. The maximum Gasteiger partial charge on any atom is 0.222 e. The molecule has 0 aliphatic carbocycles. The summed E-state index contributed by atoms with van der Waals surface area (Å²) in [4.78, 5) is 14.1. The van der Waals surface area contributed by atoms with Gasteiger partial charge in [0, 0.05) is 26.1 Å². The first-order valence-electron chi connectivity index (χ1n) is 7.13. The largest absolute Gasteiger partial charge is 0.396 e. The fourth-order valence-corrected chi connectivity index (χ4v) is 2.64. The summed E-state index contributed by atoms with van der Waals surface area (Å²) in [7, 11) is 0. The van der Waals surface area contributed by atoms with Crippen molar-refractivity contribution in [3.8, 4) is 0 Å². The number of amides is 1. The Labute approximate surface area is 115 Å². The minimum absolute atomic E-state index is 0.248. The highest BCUT2D eigenvalue weighted by Crippen LogP contribution is 2.17. The summed E-state index contributed by atoms with van der Waals surface area (Å²) in [5.74, 6) is 0.638. The first-order valence-corrected chi connectivity index (χ1v) is 7.13.